The predicted octanol–water partition coefficient (Wildman–Crippen LogP) is 3.67. The first-order valence-corrected chi connectivity index (χ1v) is 12.3. The number of amides is 2. The first-order chi connectivity index (χ1) is 17.8. The number of benzene rings is 1. The highest BCUT2D eigenvalue weighted by atomic mass is 19.1. The Morgan fingerprint density at radius 2 is 1.89 bits per heavy atom. The van der Waals surface area contributed by atoms with Crippen LogP contribution < -0.4 is 31.2 Å². The largest absolute Gasteiger partial charge is 0.474 e. The zero-order valence-corrected chi connectivity index (χ0v) is 20.7. The van der Waals surface area contributed by atoms with Crippen molar-refractivity contribution >= 4 is 34.1 Å². The summed E-state index contributed by atoms with van der Waals surface area (Å²) in [6.07, 6.45) is 5.71. The highest BCUT2D eigenvalue weighted by molar-refractivity contribution is 5.98. The van der Waals surface area contributed by atoms with Gasteiger partial charge < -0.3 is 31.2 Å². The molecule has 1 aromatic carbocycles. The molecule has 37 heavy (non-hydrogen) atoms. The summed E-state index contributed by atoms with van der Waals surface area (Å²) in [7, 11) is 0. The molecule has 11 heteroatoms. The van der Waals surface area contributed by atoms with Gasteiger partial charge in [0.25, 0.3) is 0 Å². The van der Waals surface area contributed by atoms with Crippen molar-refractivity contribution in [2.75, 3.05) is 24.2 Å². The van der Waals surface area contributed by atoms with Gasteiger partial charge in [0, 0.05) is 54.5 Å². The zero-order valence-electron chi connectivity index (χ0n) is 20.7. The molecule has 194 valence electrons. The highest BCUT2D eigenvalue weighted by Crippen LogP contribution is 2.39. The first-order valence-electron chi connectivity index (χ1n) is 12.3. The molecule has 2 aromatic heterocycles. The monoisotopic (exact) mass is 508 g/mol. The van der Waals surface area contributed by atoms with Gasteiger partial charge >= 0.3 is 6.09 Å². The van der Waals surface area contributed by atoms with Crippen LogP contribution in [0.1, 0.15) is 38.2 Å². The smallest absolute Gasteiger partial charge is 0.414 e. The summed E-state index contributed by atoms with van der Waals surface area (Å²) >= 11 is 0. The second-order valence-electron chi connectivity index (χ2n) is 9.38. The third kappa shape index (κ3) is 4.93. The number of rotatable bonds is 4. The van der Waals surface area contributed by atoms with Crippen molar-refractivity contribution in [2.45, 2.75) is 51.6 Å². The van der Waals surface area contributed by atoms with Crippen molar-refractivity contribution in [3.05, 3.63) is 35.9 Å². The first kappa shape index (κ1) is 24.5. The van der Waals surface area contributed by atoms with Crippen molar-refractivity contribution in [1.29, 1.82) is 0 Å². The summed E-state index contributed by atoms with van der Waals surface area (Å²) < 4.78 is 26.4. The zero-order chi connectivity index (χ0) is 26.1. The highest BCUT2D eigenvalue weighted by Gasteiger charge is 2.28. The van der Waals surface area contributed by atoms with Gasteiger partial charge in [0.2, 0.25) is 17.7 Å². The van der Waals surface area contributed by atoms with Gasteiger partial charge in [-0.05, 0) is 36.8 Å². The molecule has 2 amide bonds. The second-order valence-corrected chi connectivity index (χ2v) is 9.38. The molecule has 2 unspecified atom stereocenters. The standard InChI is InChI=1S/C26H29FN6O4/c1-13-17(11-31-25-24(13)29-7-8-36-25)16-9-15-10-21(30-12-18(15)23(28)22(16)27)37-26(35)33-20-6-4-3-5-19(20)32-14(2)34/h9-12,19-20,29H,3-8,28H2,1-2H3,(H,32,34)(H,33,35). The normalized spacial score (nSPS) is 18.8. The number of halogens is 1. The van der Waals surface area contributed by atoms with E-state index < -0.39 is 11.9 Å². The second kappa shape index (κ2) is 10.1. The molecular weight excluding hydrogens is 479 g/mol. The van der Waals surface area contributed by atoms with Crippen LogP contribution in [0.4, 0.5) is 20.6 Å². The topological polar surface area (TPSA) is 140 Å². The van der Waals surface area contributed by atoms with Gasteiger partial charge in [-0.25, -0.2) is 19.2 Å². The van der Waals surface area contributed by atoms with E-state index in [1.165, 1.54) is 13.1 Å². The van der Waals surface area contributed by atoms with Crippen LogP contribution in [0.5, 0.6) is 11.8 Å². The van der Waals surface area contributed by atoms with E-state index in [-0.39, 0.29) is 35.1 Å². The number of hydrogen-bond donors (Lipinski definition) is 4. The average Bonchev–Trinajstić information content (AvgIpc) is 2.87. The number of hydrogen-bond acceptors (Lipinski definition) is 8. The van der Waals surface area contributed by atoms with E-state index in [4.69, 9.17) is 15.2 Å². The van der Waals surface area contributed by atoms with E-state index in [0.717, 1.165) is 36.9 Å². The van der Waals surface area contributed by atoms with Crippen LogP contribution in [0.15, 0.2) is 24.5 Å². The predicted molar refractivity (Wildman–Crippen MR) is 137 cm³/mol. The molecule has 0 spiro atoms. The minimum Gasteiger partial charge on any atom is -0.474 e. The molecule has 10 nitrogen and oxygen atoms in total. The Morgan fingerprint density at radius 3 is 2.65 bits per heavy atom. The Hall–Kier alpha value is -4.15. The van der Waals surface area contributed by atoms with Gasteiger partial charge in [0.15, 0.2) is 5.82 Å². The Labute approximate surface area is 213 Å². The van der Waals surface area contributed by atoms with E-state index in [0.29, 0.717) is 35.4 Å². The molecule has 1 aliphatic heterocycles. The van der Waals surface area contributed by atoms with E-state index in [2.05, 4.69) is 25.9 Å². The van der Waals surface area contributed by atoms with Crippen LogP contribution in [0.3, 0.4) is 0 Å². The molecule has 3 aromatic rings. The number of carbonyl (C=O) groups is 2. The number of nitrogens with one attached hydrogen (secondary N) is 3. The molecule has 0 bridgehead atoms. The SMILES string of the molecule is CC(=O)NC1CCCCC1NC(=O)Oc1cc2cc(-c3cnc4c(c3C)NCCO4)c(F)c(N)c2cn1. The van der Waals surface area contributed by atoms with Crippen LogP contribution in [0.25, 0.3) is 21.9 Å². The minimum atomic E-state index is -0.676. The third-order valence-electron chi connectivity index (χ3n) is 6.87. The Bertz CT molecular complexity index is 1380. The minimum absolute atomic E-state index is 0.0456. The molecule has 3 heterocycles. The fraction of sp³-hybridized carbons (Fsp3) is 0.385. The van der Waals surface area contributed by atoms with Crippen LogP contribution in [-0.4, -0.2) is 47.2 Å². The van der Waals surface area contributed by atoms with E-state index in [9.17, 15) is 9.59 Å². The van der Waals surface area contributed by atoms with Crippen LogP contribution in [0, 0.1) is 12.7 Å². The van der Waals surface area contributed by atoms with Crippen molar-refractivity contribution in [2.24, 2.45) is 0 Å². The van der Waals surface area contributed by atoms with Crippen LogP contribution in [-0.2, 0) is 4.79 Å². The van der Waals surface area contributed by atoms with Gasteiger partial charge in [0.1, 0.15) is 12.3 Å². The molecule has 0 radical (unpaired) electrons. The Kier molecular flexibility index (Phi) is 6.68. The Balaban J connectivity index is 1.41. The summed E-state index contributed by atoms with van der Waals surface area (Å²) in [5.41, 5.74) is 8.43. The average molecular weight is 509 g/mol. The van der Waals surface area contributed by atoms with E-state index in [1.807, 2.05) is 6.92 Å². The number of nitrogens with two attached hydrogens (primary N) is 1. The maximum absolute atomic E-state index is 15.4. The number of aromatic nitrogens is 2. The summed E-state index contributed by atoms with van der Waals surface area (Å²) in [4.78, 5) is 32.6. The molecule has 1 aliphatic carbocycles. The number of anilines is 2. The van der Waals surface area contributed by atoms with Gasteiger partial charge in [-0.2, -0.15) is 0 Å². The number of fused-ring (bicyclic) bond motifs is 2. The molecule has 1 saturated carbocycles. The molecule has 5 N–H and O–H groups in total. The molecule has 0 saturated heterocycles. The maximum atomic E-state index is 15.4. The summed E-state index contributed by atoms with van der Waals surface area (Å²) in [6, 6.07) is 2.80. The number of nitrogens with zero attached hydrogens (tertiary/aromatic N) is 2. The van der Waals surface area contributed by atoms with Crippen LogP contribution in [0.2, 0.25) is 0 Å². The lowest BCUT2D eigenvalue weighted by Crippen LogP contribution is -2.53. The fourth-order valence-corrected chi connectivity index (χ4v) is 5.04. The number of pyridine rings is 2. The van der Waals surface area contributed by atoms with Crippen LogP contribution >= 0.6 is 0 Å². The third-order valence-corrected chi connectivity index (χ3v) is 6.87. The lowest BCUT2D eigenvalue weighted by Gasteiger charge is -2.32. The Morgan fingerprint density at radius 1 is 1.14 bits per heavy atom. The van der Waals surface area contributed by atoms with Crippen molar-refractivity contribution in [3.63, 3.8) is 0 Å². The summed E-state index contributed by atoms with van der Waals surface area (Å²) in [6.45, 7) is 4.45. The molecule has 2 atom stereocenters. The quantitative estimate of drug-likeness (QED) is 0.392. The fourth-order valence-electron chi connectivity index (χ4n) is 5.04. The van der Waals surface area contributed by atoms with Gasteiger partial charge in [-0.1, -0.05) is 12.8 Å². The van der Waals surface area contributed by atoms with Gasteiger partial charge in [-0.3, -0.25) is 4.79 Å². The van der Waals surface area contributed by atoms with Crippen molar-refractivity contribution in [1.82, 2.24) is 20.6 Å². The molecule has 1 fully saturated rings. The van der Waals surface area contributed by atoms with E-state index in [1.54, 1.807) is 18.3 Å². The number of carbonyl (C=O) groups excluding carboxylic acids is 2. The lowest BCUT2D eigenvalue weighted by atomic mass is 9.90. The van der Waals surface area contributed by atoms with Gasteiger partial charge in [0.05, 0.1) is 11.7 Å². The maximum Gasteiger partial charge on any atom is 0.414 e. The van der Waals surface area contributed by atoms with Crippen molar-refractivity contribution < 1.29 is 23.5 Å². The summed E-state index contributed by atoms with van der Waals surface area (Å²) in [5, 5.41) is 9.94. The van der Waals surface area contributed by atoms with Gasteiger partial charge in [-0.15, -0.1) is 0 Å². The lowest BCUT2D eigenvalue weighted by molar-refractivity contribution is -0.120. The number of ether oxygens (including phenoxy) is 2. The molecule has 2 aliphatic rings. The molecule has 5 rings (SSSR count). The summed E-state index contributed by atoms with van der Waals surface area (Å²) in [5.74, 6) is -0.198. The van der Waals surface area contributed by atoms with E-state index >= 15 is 4.39 Å². The van der Waals surface area contributed by atoms with Crippen molar-refractivity contribution in [3.8, 4) is 22.9 Å². The molecular formula is C26H29FN6O4. The number of nitrogen functional groups attached to an aromatic ring is 1.